The fourth-order valence-electron chi connectivity index (χ4n) is 3.34. The molecule has 0 spiro atoms. The van der Waals surface area contributed by atoms with Crippen LogP contribution < -0.4 is 20.9 Å². The van der Waals surface area contributed by atoms with E-state index in [9.17, 15) is 14.4 Å². The van der Waals surface area contributed by atoms with Gasteiger partial charge in [0, 0.05) is 21.5 Å². The van der Waals surface area contributed by atoms with Crippen LogP contribution in [0.3, 0.4) is 0 Å². The van der Waals surface area contributed by atoms with Crippen LogP contribution in [-0.4, -0.2) is 27.5 Å². The molecule has 2 N–H and O–H groups in total. The number of ether oxygens (including phenoxy) is 1. The van der Waals surface area contributed by atoms with E-state index in [0.717, 1.165) is 10.4 Å². The van der Waals surface area contributed by atoms with Gasteiger partial charge in [-0.05, 0) is 36.6 Å². The Bertz CT molecular complexity index is 1370. The monoisotopic (exact) mass is 452 g/mol. The molecule has 31 heavy (non-hydrogen) atoms. The van der Waals surface area contributed by atoms with Crippen LogP contribution >= 0.6 is 22.7 Å². The Labute approximate surface area is 184 Å². The van der Waals surface area contributed by atoms with Gasteiger partial charge in [-0.1, -0.05) is 6.07 Å². The summed E-state index contributed by atoms with van der Waals surface area (Å²) in [4.78, 5) is 43.4. The van der Waals surface area contributed by atoms with Crippen molar-refractivity contribution in [2.24, 2.45) is 0 Å². The lowest BCUT2D eigenvalue weighted by Crippen LogP contribution is -2.34. The Morgan fingerprint density at radius 3 is 2.97 bits per heavy atom. The molecule has 0 saturated heterocycles. The smallest absolute Gasteiger partial charge is 0.265 e. The Hall–Kier alpha value is -3.50. The second-order valence-corrected chi connectivity index (χ2v) is 8.80. The minimum atomic E-state index is -0.571. The van der Waals surface area contributed by atoms with Crippen molar-refractivity contribution >= 4 is 56.1 Å². The molecule has 5 rings (SSSR count). The molecule has 4 aromatic rings. The minimum Gasteiger partial charge on any atom is -0.479 e. The lowest BCUT2D eigenvalue weighted by Gasteiger charge is -2.23. The minimum absolute atomic E-state index is 0.182. The van der Waals surface area contributed by atoms with Crippen LogP contribution in [0.25, 0.3) is 20.7 Å². The highest BCUT2D eigenvalue weighted by Gasteiger charge is 2.23. The molecule has 0 saturated carbocycles. The van der Waals surface area contributed by atoms with Gasteiger partial charge in [-0.2, -0.15) is 0 Å². The van der Waals surface area contributed by atoms with Crippen LogP contribution in [0.1, 0.15) is 6.92 Å². The quantitative estimate of drug-likeness (QED) is 0.493. The molecule has 1 aliphatic heterocycles. The van der Waals surface area contributed by atoms with E-state index in [0.29, 0.717) is 27.3 Å². The molecular formula is C21H16N4O4S2. The fourth-order valence-corrected chi connectivity index (χ4v) is 5.06. The molecular weight excluding hydrogens is 436 g/mol. The van der Waals surface area contributed by atoms with Crippen molar-refractivity contribution in [2.45, 2.75) is 19.6 Å². The summed E-state index contributed by atoms with van der Waals surface area (Å²) in [7, 11) is 0. The van der Waals surface area contributed by atoms with Gasteiger partial charge in [0.05, 0.1) is 17.4 Å². The predicted molar refractivity (Wildman–Crippen MR) is 121 cm³/mol. The number of nitrogens with one attached hydrogen (secondary N) is 2. The molecule has 0 radical (unpaired) electrons. The Morgan fingerprint density at radius 2 is 2.16 bits per heavy atom. The molecule has 4 heterocycles. The highest BCUT2D eigenvalue weighted by atomic mass is 32.1. The van der Waals surface area contributed by atoms with Gasteiger partial charge in [0.1, 0.15) is 17.1 Å². The van der Waals surface area contributed by atoms with Crippen molar-refractivity contribution < 1.29 is 14.3 Å². The number of aromatic nitrogens is 2. The number of hydrogen-bond donors (Lipinski definition) is 2. The summed E-state index contributed by atoms with van der Waals surface area (Å²) < 4.78 is 6.81. The third kappa shape index (κ3) is 3.60. The summed E-state index contributed by atoms with van der Waals surface area (Å²) >= 11 is 2.95. The number of benzene rings is 1. The normalized spacial score (nSPS) is 15.3. The predicted octanol–water partition coefficient (Wildman–Crippen LogP) is 3.54. The molecule has 1 unspecified atom stereocenters. The van der Waals surface area contributed by atoms with E-state index in [1.807, 2.05) is 22.9 Å². The molecule has 1 aromatic carbocycles. The van der Waals surface area contributed by atoms with Crippen molar-refractivity contribution in [3.05, 3.63) is 57.8 Å². The lowest BCUT2D eigenvalue weighted by molar-refractivity contribution is -0.122. The Kier molecular flexibility index (Phi) is 4.79. The number of fused-ring (bicyclic) bond motifs is 2. The Morgan fingerprint density at radius 1 is 1.29 bits per heavy atom. The first-order valence-electron chi connectivity index (χ1n) is 9.41. The standard InChI is InChI=1S/C21H16N4O4S2/c1-11-19(27)24-14-7-12(4-5-15(14)29-11)23-17(26)8-25-10-22-20-18(21(25)28)13(9-31-20)16-3-2-6-30-16/h2-7,9-11H,8H2,1H3,(H,23,26)(H,24,27). The summed E-state index contributed by atoms with van der Waals surface area (Å²) in [6.07, 6.45) is 0.819. The summed E-state index contributed by atoms with van der Waals surface area (Å²) in [5.41, 5.74) is 1.55. The number of carbonyl (C=O) groups is 2. The van der Waals surface area contributed by atoms with Crippen LogP contribution in [-0.2, 0) is 16.1 Å². The number of anilines is 2. The van der Waals surface area contributed by atoms with E-state index >= 15 is 0 Å². The molecule has 8 nitrogen and oxygen atoms in total. The van der Waals surface area contributed by atoms with Gasteiger partial charge in [0.2, 0.25) is 5.91 Å². The third-order valence-corrected chi connectivity index (χ3v) is 6.64. The number of thiophene rings is 2. The molecule has 1 aliphatic rings. The van der Waals surface area contributed by atoms with Gasteiger partial charge in [0.25, 0.3) is 11.5 Å². The van der Waals surface area contributed by atoms with Crippen LogP contribution in [0.4, 0.5) is 11.4 Å². The lowest BCUT2D eigenvalue weighted by atomic mass is 10.2. The topological polar surface area (TPSA) is 102 Å². The van der Waals surface area contributed by atoms with Gasteiger partial charge < -0.3 is 15.4 Å². The maximum Gasteiger partial charge on any atom is 0.265 e. The largest absolute Gasteiger partial charge is 0.479 e. The number of rotatable bonds is 4. The molecule has 2 amide bonds. The number of hydrogen-bond acceptors (Lipinski definition) is 7. The van der Waals surface area contributed by atoms with Crippen LogP contribution in [0.15, 0.2) is 52.2 Å². The zero-order valence-corrected chi connectivity index (χ0v) is 17.9. The van der Waals surface area contributed by atoms with E-state index in [1.54, 1.807) is 36.5 Å². The summed E-state index contributed by atoms with van der Waals surface area (Å²) in [5.74, 6) is -0.0960. The first-order chi connectivity index (χ1) is 15.0. The number of carbonyl (C=O) groups excluding carboxylic acids is 2. The number of amides is 2. The zero-order chi connectivity index (χ0) is 21.5. The van der Waals surface area contributed by atoms with Crippen LogP contribution in [0.2, 0.25) is 0 Å². The first kappa shape index (κ1) is 19.5. The summed E-state index contributed by atoms with van der Waals surface area (Å²) in [6, 6.07) is 8.86. The maximum absolute atomic E-state index is 13.0. The second-order valence-electron chi connectivity index (χ2n) is 6.99. The van der Waals surface area contributed by atoms with E-state index < -0.39 is 6.10 Å². The average molecular weight is 453 g/mol. The second kappa shape index (κ2) is 7.64. The van der Waals surface area contributed by atoms with E-state index in [-0.39, 0.29) is 23.9 Å². The van der Waals surface area contributed by atoms with Gasteiger partial charge >= 0.3 is 0 Å². The van der Waals surface area contributed by atoms with E-state index in [2.05, 4.69) is 15.6 Å². The molecule has 0 bridgehead atoms. The molecule has 1 atom stereocenters. The maximum atomic E-state index is 13.0. The van der Waals surface area contributed by atoms with Crippen molar-refractivity contribution in [1.82, 2.24) is 9.55 Å². The molecule has 3 aromatic heterocycles. The molecule has 156 valence electrons. The van der Waals surface area contributed by atoms with Crippen molar-refractivity contribution in [1.29, 1.82) is 0 Å². The van der Waals surface area contributed by atoms with Crippen molar-refractivity contribution in [3.63, 3.8) is 0 Å². The summed E-state index contributed by atoms with van der Waals surface area (Å²) in [6.45, 7) is 1.48. The Balaban J connectivity index is 1.38. The van der Waals surface area contributed by atoms with Crippen LogP contribution in [0.5, 0.6) is 5.75 Å². The van der Waals surface area contributed by atoms with Gasteiger partial charge in [-0.25, -0.2) is 4.98 Å². The van der Waals surface area contributed by atoms with Gasteiger partial charge in [-0.3, -0.25) is 19.0 Å². The van der Waals surface area contributed by atoms with E-state index in [4.69, 9.17) is 4.74 Å². The van der Waals surface area contributed by atoms with E-state index in [1.165, 1.54) is 22.2 Å². The van der Waals surface area contributed by atoms with Crippen molar-refractivity contribution in [2.75, 3.05) is 10.6 Å². The van der Waals surface area contributed by atoms with Gasteiger partial charge in [-0.15, -0.1) is 22.7 Å². The molecule has 0 aliphatic carbocycles. The fraction of sp³-hybridized carbons (Fsp3) is 0.143. The highest BCUT2D eigenvalue weighted by Crippen LogP contribution is 2.34. The van der Waals surface area contributed by atoms with Gasteiger partial charge in [0.15, 0.2) is 6.10 Å². The highest BCUT2D eigenvalue weighted by molar-refractivity contribution is 7.18. The average Bonchev–Trinajstić information content (AvgIpc) is 3.41. The third-order valence-electron chi connectivity index (χ3n) is 4.86. The molecule has 10 heteroatoms. The van der Waals surface area contributed by atoms with Crippen molar-refractivity contribution in [3.8, 4) is 16.2 Å². The SMILES string of the molecule is CC1Oc2ccc(NC(=O)Cn3cnc4scc(-c5cccs5)c4c3=O)cc2NC1=O. The first-order valence-corrected chi connectivity index (χ1v) is 11.2. The summed E-state index contributed by atoms with van der Waals surface area (Å²) in [5, 5.41) is 9.88. The van der Waals surface area contributed by atoms with Crippen LogP contribution in [0, 0.1) is 0 Å². The molecule has 0 fully saturated rings. The number of nitrogens with zero attached hydrogens (tertiary/aromatic N) is 2. The zero-order valence-electron chi connectivity index (χ0n) is 16.2.